The first kappa shape index (κ1) is 19.7. The summed E-state index contributed by atoms with van der Waals surface area (Å²) in [6.07, 6.45) is 0. The summed E-state index contributed by atoms with van der Waals surface area (Å²) in [5, 5.41) is 26.6. The van der Waals surface area contributed by atoms with E-state index in [9.17, 15) is 29.8 Å². The van der Waals surface area contributed by atoms with Crippen LogP contribution in [0.2, 0.25) is 0 Å². The lowest BCUT2D eigenvalue weighted by molar-refractivity contribution is -0.396. The third-order valence-electron chi connectivity index (χ3n) is 2.67. The van der Waals surface area contributed by atoms with Gasteiger partial charge in [-0.2, -0.15) is 0 Å². The number of nitro benzene ring substituents is 2. The zero-order valence-electron chi connectivity index (χ0n) is 12.7. The van der Waals surface area contributed by atoms with Gasteiger partial charge in [-0.1, -0.05) is 21.6 Å². The molecule has 0 saturated heterocycles. The maximum absolute atomic E-state index is 11.7. The summed E-state index contributed by atoms with van der Waals surface area (Å²) in [6.45, 7) is 1.27. The highest BCUT2D eigenvalue weighted by Gasteiger charge is 2.22. The Hall–Kier alpha value is -2.34. The highest BCUT2D eigenvalue weighted by Crippen LogP contribution is 2.39. The van der Waals surface area contributed by atoms with E-state index in [2.05, 4.69) is 10.6 Å². The Morgan fingerprint density at radius 1 is 1.25 bits per heavy atom. The largest absolute Gasteiger partial charge is 0.357 e. The molecular weight excluding hydrogens is 360 g/mol. The van der Waals surface area contributed by atoms with Crippen molar-refractivity contribution in [1.82, 2.24) is 10.6 Å². The molecule has 0 heterocycles. The summed E-state index contributed by atoms with van der Waals surface area (Å²) < 4.78 is 0. The van der Waals surface area contributed by atoms with Crippen LogP contribution >= 0.6 is 21.6 Å². The van der Waals surface area contributed by atoms with E-state index in [4.69, 9.17) is 0 Å². The van der Waals surface area contributed by atoms with Gasteiger partial charge in [0.05, 0.1) is 20.8 Å². The number of hydrogen-bond donors (Lipinski definition) is 2. The zero-order chi connectivity index (χ0) is 18.3. The van der Waals surface area contributed by atoms with E-state index in [1.807, 2.05) is 0 Å². The number of hydrogen-bond acceptors (Lipinski definition) is 8. The Labute approximate surface area is 144 Å². The van der Waals surface area contributed by atoms with Gasteiger partial charge in [0.15, 0.2) is 0 Å². The first-order valence-electron chi connectivity index (χ1n) is 6.47. The minimum absolute atomic E-state index is 0.165. The number of nitro groups is 2. The van der Waals surface area contributed by atoms with Crippen LogP contribution in [0.25, 0.3) is 0 Å². The van der Waals surface area contributed by atoms with Crippen LogP contribution in [-0.4, -0.2) is 40.5 Å². The third-order valence-corrected chi connectivity index (χ3v) is 5.09. The van der Waals surface area contributed by atoms with Gasteiger partial charge >= 0.3 is 0 Å². The van der Waals surface area contributed by atoms with Crippen LogP contribution < -0.4 is 10.6 Å². The second-order valence-electron chi connectivity index (χ2n) is 4.40. The lowest BCUT2D eigenvalue weighted by atomic mass is 10.3. The second-order valence-corrected chi connectivity index (χ2v) is 6.78. The predicted octanol–water partition coefficient (Wildman–Crippen LogP) is 1.49. The van der Waals surface area contributed by atoms with Crippen molar-refractivity contribution in [3.05, 3.63) is 38.4 Å². The molecule has 0 aromatic heterocycles. The van der Waals surface area contributed by atoms with E-state index in [0.29, 0.717) is 0 Å². The smallest absolute Gasteiger partial charge is 0.290 e. The number of amides is 2. The van der Waals surface area contributed by atoms with Gasteiger partial charge in [-0.25, -0.2) is 0 Å². The number of carbonyl (C=O) groups excluding carboxylic acids is 2. The van der Waals surface area contributed by atoms with Gasteiger partial charge in [0.2, 0.25) is 11.8 Å². The maximum atomic E-state index is 11.7. The molecule has 1 aromatic rings. The van der Waals surface area contributed by atoms with Gasteiger partial charge in [-0.15, -0.1) is 0 Å². The third kappa shape index (κ3) is 5.70. The fourth-order valence-corrected chi connectivity index (χ4v) is 3.92. The molecule has 0 spiro atoms. The number of carbonyl (C=O) groups is 2. The van der Waals surface area contributed by atoms with Crippen molar-refractivity contribution in [3.8, 4) is 0 Å². The second kappa shape index (κ2) is 9.08. The van der Waals surface area contributed by atoms with Crippen molar-refractivity contribution < 1.29 is 19.4 Å². The van der Waals surface area contributed by atoms with Crippen LogP contribution in [0.4, 0.5) is 11.4 Å². The normalized spacial score (nSPS) is 11.4. The van der Waals surface area contributed by atoms with Crippen molar-refractivity contribution in [1.29, 1.82) is 0 Å². The lowest BCUT2D eigenvalue weighted by Gasteiger charge is -2.15. The number of nitrogens with zero attached hydrogens (tertiary/aromatic N) is 2. The number of rotatable bonds is 8. The Morgan fingerprint density at radius 2 is 1.92 bits per heavy atom. The van der Waals surface area contributed by atoms with E-state index in [0.717, 1.165) is 27.7 Å². The number of benzene rings is 1. The van der Waals surface area contributed by atoms with Gasteiger partial charge in [-0.05, 0) is 6.07 Å². The van der Waals surface area contributed by atoms with Crippen molar-refractivity contribution in [2.45, 2.75) is 17.9 Å². The van der Waals surface area contributed by atoms with Crippen LogP contribution in [0, 0.1) is 20.2 Å². The van der Waals surface area contributed by atoms with Gasteiger partial charge in [0.1, 0.15) is 6.04 Å². The molecule has 10 nitrogen and oxygen atoms in total. The van der Waals surface area contributed by atoms with Crippen molar-refractivity contribution in [2.75, 3.05) is 12.8 Å². The van der Waals surface area contributed by atoms with E-state index in [1.54, 1.807) is 0 Å². The minimum atomic E-state index is -0.790. The molecule has 2 N–H and O–H groups in total. The van der Waals surface area contributed by atoms with Crippen LogP contribution in [0.5, 0.6) is 0 Å². The zero-order valence-corrected chi connectivity index (χ0v) is 14.3. The van der Waals surface area contributed by atoms with Crippen LogP contribution in [0.3, 0.4) is 0 Å². The Balaban J connectivity index is 2.82. The molecule has 1 unspecified atom stereocenters. The Bertz CT molecular complexity index is 669. The lowest BCUT2D eigenvalue weighted by Crippen LogP contribution is -2.46. The molecule has 1 aromatic carbocycles. The molecule has 24 heavy (non-hydrogen) atoms. The summed E-state index contributed by atoms with van der Waals surface area (Å²) in [7, 11) is 3.54. The van der Waals surface area contributed by atoms with Crippen molar-refractivity contribution in [3.63, 3.8) is 0 Å². The summed E-state index contributed by atoms with van der Waals surface area (Å²) in [4.78, 5) is 43.3. The molecule has 2 amide bonds. The molecule has 0 aliphatic carbocycles. The minimum Gasteiger partial charge on any atom is -0.357 e. The molecule has 0 fully saturated rings. The summed E-state index contributed by atoms with van der Waals surface area (Å²) >= 11 is 0. The molecule has 1 atom stereocenters. The molecule has 1 rings (SSSR count). The van der Waals surface area contributed by atoms with E-state index in [-0.39, 0.29) is 22.2 Å². The summed E-state index contributed by atoms with van der Waals surface area (Å²) in [6, 6.07) is 2.54. The molecule has 0 radical (unpaired) electrons. The monoisotopic (exact) mass is 374 g/mol. The quantitative estimate of drug-likeness (QED) is 0.395. The predicted molar refractivity (Wildman–Crippen MR) is 89.7 cm³/mol. The fraction of sp³-hybridized carbons (Fsp3) is 0.333. The number of likely N-dealkylation sites (N-methyl/N-ethyl adjacent to an activating group) is 1. The first-order valence-corrected chi connectivity index (χ1v) is 8.79. The molecule has 0 bridgehead atoms. The highest BCUT2D eigenvalue weighted by atomic mass is 33.1. The van der Waals surface area contributed by atoms with Gasteiger partial charge in [0.25, 0.3) is 11.4 Å². The number of non-ortho nitro benzene ring substituents is 1. The molecule has 0 aliphatic heterocycles. The average molecular weight is 374 g/mol. The van der Waals surface area contributed by atoms with E-state index >= 15 is 0 Å². The first-order chi connectivity index (χ1) is 11.3. The maximum Gasteiger partial charge on any atom is 0.290 e. The van der Waals surface area contributed by atoms with Gasteiger partial charge < -0.3 is 10.6 Å². The summed E-state index contributed by atoms with van der Waals surface area (Å²) in [5.41, 5.74) is -0.768. The molecule has 0 aliphatic rings. The van der Waals surface area contributed by atoms with Crippen molar-refractivity contribution >= 4 is 44.8 Å². The average Bonchev–Trinajstić information content (AvgIpc) is 2.52. The summed E-state index contributed by atoms with van der Waals surface area (Å²) in [5.74, 6) is -0.607. The van der Waals surface area contributed by atoms with Crippen LogP contribution in [0.15, 0.2) is 23.1 Å². The molecular formula is C12H14N4O6S2. The van der Waals surface area contributed by atoms with Crippen LogP contribution in [-0.2, 0) is 9.59 Å². The van der Waals surface area contributed by atoms with Gasteiger partial charge in [0, 0.05) is 25.8 Å². The molecule has 0 saturated carbocycles. The van der Waals surface area contributed by atoms with E-state index < -0.39 is 27.5 Å². The Kier molecular flexibility index (Phi) is 7.45. The van der Waals surface area contributed by atoms with Crippen LogP contribution in [0.1, 0.15) is 6.92 Å². The topological polar surface area (TPSA) is 144 Å². The van der Waals surface area contributed by atoms with E-state index in [1.165, 1.54) is 26.1 Å². The van der Waals surface area contributed by atoms with Crippen molar-refractivity contribution in [2.24, 2.45) is 0 Å². The van der Waals surface area contributed by atoms with Gasteiger partial charge in [-0.3, -0.25) is 29.8 Å². The standard InChI is InChI=1S/C12H14N4O6S2/c1-7(17)14-9(12(18)13-2)6-23-24-11-4-3-8(15(19)20)5-10(11)16(21)22/h3-5,9H,6H2,1-2H3,(H,13,18)(H,14,17). The number of nitrogens with one attached hydrogen (secondary N) is 2. The highest BCUT2D eigenvalue weighted by molar-refractivity contribution is 8.76. The Morgan fingerprint density at radius 3 is 2.42 bits per heavy atom. The SMILES string of the molecule is CNC(=O)C(CSSc1ccc([N+](=O)[O-])cc1[N+](=O)[O-])NC(C)=O. The molecule has 12 heteroatoms. The fourth-order valence-electron chi connectivity index (χ4n) is 1.60. The molecule has 130 valence electrons.